The van der Waals surface area contributed by atoms with E-state index in [1.54, 1.807) is 18.2 Å². The van der Waals surface area contributed by atoms with Gasteiger partial charge in [-0.1, -0.05) is 24.3 Å². The highest BCUT2D eigenvalue weighted by Gasteiger charge is 2.38. The Labute approximate surface area is 102 Å². The van der Waals surface area contributed by atoms with E-state index in [9.17, 15) is 18.0 Å². The van der Waals surface area contributed by atoms with E-state index in [1.165, 1.54) is 0 Å². The quantitative estimate of drug-likeness (QED) is 0.873. The van der Waals surface area contributed by atoms with Crippen LogP contribution in [0.15, 0.2) is 24.3 Å². The largest absolute Gasteiger partial charge is 0.401 e. The van der Waals surface area contributed by atoms with Crippen LogP contribution in [0, 0.1) is 0 Å². The first-order valence-electron chi connectivity index (χ1n) is 5.54. The van der Waals surface area contributed by atoms with Crippen LogP contribution in [0.3, 0.4) is 0 Å². The fourth-order valence-corrected chi connectivity index (χ4v) is 2.25. The zero-order valence-electron chi connectivity index (χ0n) is 9.57. The maximum Gasteiger partial charge on any atom is 0.401 e. The van der Waals surface area contributed by atoms with E-state index in [0.29, 0.717) is 0 Å². The molecule has 0 aliphatic carbocycles. The molecule has 1 aliphatic rings. The Kier molecular flexibility index (Phi) is 3.30. The molecule has 0 radical (unpaired) electrons. The monoisotopic (exact) mass is 258 g/mol. The van der Waals surface area contributed by atoms with Gasteiger partial charge in [-0.2, -0.15) is 13.2 Å². The number of primary amides is 1. The summed E-state index contributed by atoms with van der Waals surface area (Å²) in [6.07, 6.45) is -4.10. The summed E-state index contributed by atoms with van der Waals surface area (Å²) in [6, 6.07) is 6.28. The predicted molar refractivity (Wildman–Crippen MR) is 59.6 cm³/mol. The van der Waals surface area contributed by atoms with Crippen molar-refractivity contribution in [3.63, 3.8) is 0 Å². The first-order chi connectivity index (χ1) is 8.37. The van der Waals surface area contributed by atoms with Crippen molar-refractivity contribution < 1.29 is 18.0 Å². The molecule has 1 aliphatic heterocycles. The number of hydrogen-bond donors (Lipinski definition) is 1. The average Bonchev–Trinajstić information content (AvgIpc) is 2.25. The number of fused-ring (bicyclic) bond motifs is 1. The van der Waals surface area contributed by atoms with Gasteiger partial charge in [-0.3, -0.25) is 9.69 Å². The Balaban J connectivity index is 2.26. The molecule has 0 aromatic heterocycles. The van der Waals surface area contributed by atoms with Gasteiger partial charge in [0.2, 0.25) is 5.91 Å². The lowest BCUT2D eigenvalue weighted by Crippen LogP contribution is -2.51. The average molecular weight is 258 g/mol. The Hall–Kier alpha value is -1.56. The molecule has 0 saturated heterocycles. The number of carbonyl (C=O) groups excluding carboxylic acids is 1. The minimum Gasteiger partial charge on any atom is -0.368 e. The standard InChI is InChI=1S/C12H13F3N2O/c13-12(14,15)7-17-6-9-4-2-1-3-8(9)5-10(17)11(16)18/h1-4,10H,5-7H2,(H2,16,18). The number of amides is 1. The van der Waals surface area contributed by atoms with Gasteiger partial charge in [0.1, 0.15) is 0 Å². The number of nitrogens with two attached hydrogens (primary N) is 1. The van der Waals surface area contributed by atoms with Gasteiger partial charge < -0.3 is 5.73 Å². The third kappa shape index (κ3) is 2.81. The molecule has 2 N–H and O–H groups in total. The first-order valence-corrected chi connectivity index (χ1v) is 5.54. The van der Waals surface area contributed by atoms with Crippen LogP contribution >= 0.6 is 0 Å². The maximum atomic E-state index is 12.5. The van der Waals surface area contributed by atoms with Crippen molar-refractivity contribution in [1.82, 2.24) is 4.90 Å². The van der Waals surface area contributed by atoms with E-state index in [2.05, 4.69) is 0 Å². The van der Waals surface area contributed by atoms with E-state index in [4.69, 9.17) is 5.73 Å². The number of benzene rings is 1. The minimum atomic E-state index is -4.33. The second-order valence-electron chi connectivity index (χ2n) is 4.41. The van der Waals surface area contributed by atoms with Crippen LogP contribution in [0.4, 0.5) is 13.2 Å². The zero-order chi connectivity index (χ0) is 13.3. The smallest absolute Gasteiger partial charge is 0.368 e. The highest BCUT2D eigenvalue weighted by atomic mass is 19.4. The summed E-state index contributed by atoms with van der Waals surface area (Å²) >= 11 is 0. The van der Waals surface area contributed by atoms with Gasteiger partial charge in [0.25, 0.3) is 0 Å². The third-order valence-electron chi connectivity index (χ3n) is 3.06. The molecule has 1 aromatic rings. The molecule has 3 nitrogen and oxygen atoms in total. The summed E-state index contributed by atoms with van der Waals surface area (Å²) in [4.78, 5) is 12.4. The summed E-state index contributed by atoms with van der Waals surface area (Å²) in [6.45, 7) is -1.02. The van der Waals surface area contributed by atoms with Gasteiger partial charge in [0.15, 0.2) is 0 Å². The Bertz CT molecular complexity index is 459. The molecule has 18 heavy (non-hydrogen) atoms. The van der Waals surface area contributed by atoms with Gasteiger partial charge in [-0.25, -0.2) is 0 Å². The summed E-state index contributed by atoms with van der Waals surface area (Å²) in [7, 11) is 0. The van der Waals surface area contributed by atoms with Crippen molar-refractivity contribution >= 4 is 5.91 Å². The van der Waals surface area contributed by atoms with Crippen LogP contribution in [-0.2, 0) is 17.8 Å². The first kappa shape index (κ1) is 12.9. The molecule has 98 valence electrons. The molecular formula is C12H13F3N2O. The highest BCUT2D eigenvalue weighted by Crippen LogP contribution is 2.26. The Morgan fingerprint density at radius 2 is 1.94 bits per heavy atom. The van der Waals surface area contributed by atoms with Crippen LogP contribution < -0.4 is 5.73 Å². The highest BCUT2D eigenvalue weighted by molar-refractivity contribution is 5.80. The van der Waals surface area contributed by atoms with Crippen LogP contribution in [0.2, 0.25) is 0 Å². The van der Waals surface area contributed by atoms with Gasteiger partial charge in [-0.15, -0.1) is 0 Å². The second kappa shape index (κ2) is 4.61. The van der Waals surface area contributed by atoms with Crippen molar-refractivity contribution in [1.29, 1.82) is 0 Å². The fourth-order valence-electron chi connectivity index (χ4n) is 2.25. The van der Waals surface area contributed by atoms with Crippen molar-refractivity contribution in [3.05, 3.63) is 35.4 Å². The van der Waals surface area contributed by atoms with E-state index in [1.807, 2.05) is 6.07 Å². The molecule has 6 heteroatoms. The lowest BCUT2D eigenvalue weighted by Gasteiger charge is -2.35. The molecule has 1 heterocycles. The van der Waals surface area contributed by atoms with Crippen LogP contribution in [0.5, 0.6) is 0 Å². The van der Waals surface area contributed by atoms with E-state index in [-0.39, 0.29) is 13.0 Å². The number of nitrogens with zero attached hydrogens (tertiary/aromatic N) is 1. The van der Waals surface area contributed by atoms with Crippen LogP contribution in [0.25, 0.3) is 0 Å². The molecule has 0 bridgehead atoms. The summed E-state index contributed by atoms with van der Waals surface area (Å²) < 4.78 is 37.4. The Morgan fingerprint density at radius 3 is 2.50 bits per heavy atom. The fraction of sp³-hybridized carbons (Fsp3) is 0.417. The van der Waals surface area contributed by atoms with E-state index >= 15 is 0 Å². The maximum absolute atomic E-state index is 12.5. The van der Waals surface area contributed by atoms with Crippen molar-refractivity contribution in [3.8, 4) is 0 Å². The van der Waals surface area contributed by atoms with Gasteiger partial charge in [-0.05, 0) is 17.5 Å². The second-order valence-corrected chi connectivity index (χ2v) is 4.41. The van der Waals surface area contributed by atoms with E-state index in [0.717, 1.165) is 16.0 Å². The summed E-state index contributed by atoms with van der Waals surface area (Å²) in [5.41, 5.74) is 6.89. The van der Waals surface area contributed by atoms with Gasteiger partial charge >= 0.3 is 6.18 Å². The molecule has 0 saturated carbocycles. The van der Waals surface area contributed by atoms with E-state index < -0.39 is 24.7 Å². The molecule has 1 atom stereocenters. The number of carbonyl (C=O) groups is 1. The number of rotatable bonds is 2. The lowest BCUT2D eigenvalue weighted by atomic mass is 9.93. The van der Waals surface area contributed by atoms with Crippen molar-refractivity contribution in [2.45, 2.75) is 25.2 Å². The molecule has 1 aromatic carbocycles. The lowest BCUT2D eigenvalue weighted by molar-refractivity contribution is -0.156. The Morgan fingerprint density at radius 1 is 1.33 bits per heavy atom. The van der Waals surface area contributed by atoms with Gasteiger partial charge in [0, 0.05) is 6.54 Å². The molecular weight excluding hydrogens is 245 g/mol. The van der Waals surface area contributed by atoms with Crippen LogP contribution in [-0.4, -0.2) is 29.6 Å². The molecule has 1 amide bonds. The number of halogens is 3. The normalized spacial score (nSPS) is 20.5. The summed E-state index contributed by atoms with van der Waals surface area (Å²) in [5.74, 6) is -0.714. The SMILES string of the molecule is NC(=O)C1Cc2ccccc2CN1CC(F)(F)F. The molecule has 0 spiro atoms. The minimum absolute atomic E-state index is 0.100. The van der Waals surface area contributed by atoms with Gasteiger partial charge in [0.05, 0.1) is 12.6 Å². The zero-order valence-corrected chi connectivity index (χ0v) is 9.57. The predicted octanol–water partition coefficient (Wildman–Crippen LogP) is 1.46. The van der Waals surface area contributed by atoms with Crippen LogP contribution in [0.1, 0.15) is 11.1 Å². The van der Waals surface area contributed by atoms with Crippen molar-refractivity contribution in [2.75, 3.05) is 6.54 Å². The summed E-state index contributed by atoms with van der Waals surface area (Å²) in [5, 5.41) is 0. The third-order valence-corrected chi connectivity index (χ3v) is 3.06. The number of alkyl halides is 3. The number of hydrogen-bond acceptors (Lipinski definition) is 2. The molecule has 1 unspecified atom stereocenters. The van der Waals surface area contributed by atoms with Crippen molar-refractivity contribution in [2.24, 2.45) is 5.73 Å². The molecule has 2 rings (SSSR count). The molecule has 0 fully saturated rings. The topological polar surface area (TPSA) is 46.3 Å².